The Bertz CT molecular complexity index is 189. The number of hydrogen-bond donors (Lipinski definition) is 1. The fourth-order valence-electron chi connectivity index (χ4n) is 2.49. The lowest BCUT2D eigenvalue weighted by molar-refractivity contribution is -0.0546. The molecule has 0 bridgehead atoms. The molecule has 2 fully saturated rings. The summed E-state index contributed by atoms with van der Waals surface area (Å²) in [6, 6.07) is 0.506. The van der Waals surface area contributed by atoms with Crippen molar-refractivity contribution in [2.24, 2.45) is 5.92 Å². The second-order valence-corrected chi connectivity index (χ2v) is 4.68. The standard InChI is InChI=1S/C12H23NO3/c1-13-11(9-12-15-6-7-16-12)8-10-2-4-14-5-3-10/h10-13H,2-9H2,1H3. The summed E-state index contributed by atoms with van der Waals surface area (Å²) in [6.07, 6.45) is 4.59. The van der Waals surface area contributed by atoms with Crippen LogP contribution in [0.2, 0.25) is 0 Å². The summed E-state index contributed by atoms with van der Waals surface area (Å²) >= 11 is 0. The van der Waals surface area contributed by atoms with Gasteiger partial charge in [0.2, 0.25) is 0 Å². The minimum atomic E-state index is 0.0114. The zero-order valence-corrected chi connectivity index (χ0v) is 10.1. The zero-order valence-electron chi connectivity index (χ0n) is 10.1. The molecule has 0 aromatic heterocycles. The van der Waals surface area contributed by atoms with Crippen molar-refractivity contribution in [2.45, 2.75) is 38.0 Å². The van der Waals surface area contributed by atoms with Crippen molar-refractivity contribution in [3.05, 3.63) is 0 Å². The van der Waals surface area contributed by atoms with Gasteiger partial charge in [-0.3, -0.25) is 0 Å². The van der Waals surface area contributed by atoms with Gasteiger partial charge in [-0.15, -0.1) is 0 Å². The minimum absolute atomic E-state index is 0.0114. The summed E-state index contributed by atoms with van der Waals surface area (Å²) in [7, 11) is 2.03. The van der Waals surface area contributed by atoms with Gasteiger partial charge in [0.15, 0.2) is 6.29 Å². The molecule has 1 N–H and O–H groups in total. The highest BCUT2D eigenvalue weighted by molar-refractivity contribution is 4.74. The summed E-state index contributed by atoms with van der Waals surface area (Å²) in [4.78, 5) is 0. The molecule has 0 spiro atoms. The quantitative estimate of drug-likeness (QED) is 0.768. The van der Waals surface area contributed by atoms with Gasteiger partial charge in [0.25, 0.3) is 0 Å². The van der Waals surface area contributed by atoms with E-state index in [1.54, 1.807) is 0 Å². The van der Waals surface area contributed by atoms with Crippen LogP contribution in [0.3, 0.4) is 0 Å². The molecule has 2 saturated heterocycles. The lowest BCUT2D eigenvalue weighted by atomic mass is 9.91. The van der Waals surface area contributed by atoms with E-state index in [1.165, 1.54) is 19.3 Å². The van der Waals surface area contributed by atoms with Crippen molar-refractivity contribution in [1.29, 1.82) is 0 Å². The Morgan fingerprint density at radius 3 is 2.38 bits per heavy atom. The maximum absolute atomic E-state index is 5.49. The van der Waals surface area contributed by atoms with Gasteiger partial charge >= 0.3 is 0 Å². The third-order valence-electron chi connectivity index (χ3n) is 3.53. The monoisotopic (exact) mass is 229 g/mol. The van der Waals surface area contributed by atoms with Crippen LogP contribution in [0.5, 0.6) is 0 Å². The van der Waals surface area contributed by atoms with Crippen molar-refractivity contribution in [3.63, 3.8) is 0 Å². The van der Waals surface area contributed by atoms with Crippen LogP contribution in [-0.2, 0) is 14.2 Å². The van der Waals surface area contributed by atoms with E-state index in [4.69, 9.17) is 14.2 Å². The molecule has 4 nitrogen and oxygen atoms in total. The first-order valence-corrected chi connectivity index (χ1v) is 6.36. The van der Waals surface area contributed by atoms with E-state index >= 15 is 0 Å². The SMILES string of the molecule is CNC(CC1CCOCC1)CC1OCCO1. The zero-order chi connectivity index (χ0) is 11.2. The molecular weight excluding hydrogens is 206 g/mol. The fourth-order valence-corrected chi connectivity index (χ4v) is 2.49. The van der Waals surface area contributed by atoms with Gasteiger partial charge in [0, 0.05) is 25.7 Å². The third-order valence-corrected chi connectivity index (χ3v) is 3.53. The Morgan fingerprint density at radius 1 is 1.06 bits per heavy atom. The average molecular weight is 229 g/mol. The molecule has 2 rings (SSSR count). The Balaban J connectivity index is 1.70. The molecule has 0 aromatic rings. The minimum Gasteiger partial charge on any atom is -0.381 e. The van der Waals surface area contributed by atoms with E-state index in [-0.39, 0.29) is 6.29 Å². The highest BCUT2D eigenvalue weighted by Gasteiger charge is 2.24. The summed E-state index contributed by atoms with van der Waals surface area (Å²) in [5, 5.41) is 3.38. The van der Waals surface area contributed by atoms with E-state index in [2.05, 4.69) is 5.32 Å². The van der Waals surface area contributed by atoms with Crippen LogP contribution < -0.4 is 5.32 Å². The molecule has 4 heteroatoms. The number of ether oxygens (including phenoxy) is 3. The van der Waals surface area contributed by atoms with Crippen LogP contribution in [0.15, 0.2) is 0 Å². The summed E-state index contributed by atoms with van der Waals surface area (Å²) in [6.45, 7) is 3.35. The molecule has 2 heterocycles. The molecule has 2 aliphatic heterocycles. The maximum Gasteiger partial charge on any atom is 0.159 e. The highest BCUT2D eigenvalue weighted by atomic mass is 16.7. The maximum atomic E-state index is 5.49. The van der Waals surface area contributed by atoms with E-state index in [0.29, 0.717) is 6.04 Å². The molecule has 1 unspecified atom stereocenters. The molecule has 0 aliphatic carbocycles. The van der Waals surface area contributed by atoms with Gasteiger partial charge in [-0.05, 0) is 32.2 Å². The van der Waals surface area contributed by atoms with Crippen molar-refractivity contribution >= 4 is 0 Å². The molecule has 0 saturated carbocycles. The molecular formula is C12H23NO3. The first-order valence-electron chi connectivity index (χ1n) is 6.36. The molecule has 94 valence electrons. The third kappa shape index (κ3) is 3.70. The lowest BCUT2D eigenvalue weighted by Crippen LogP contribution is -2.33. The predicted octanol–water partition coefficient (Wildman–Crippen LogP) is 1.15. The Hall–Kier alpha value is -0.160. The smallest absolute Gasteiger partial charge is 0.159 e. The molecule has 0 amide bonds. The van der Waals surface area contributed by atoms with Crippen LogP contribution in [0.1, 0.15) is 25.7 Å². The molecule has 0 aromatic carbocycles. The van der Waals surface area contributed by atoms with E-state index < -0.39 is 0 Å². The summed E-state index contributed by atoms with van der Waals surface area (Å²) in [5.74, 6) is 0.799. The fraction of sp³-hybridized carbons (Fsp3) is 1.00. The Kier molecular flexibility index (Phi) is 5.03. The first-order chi connectivity index (χ1) is 7.88. The second-order valence-electron chi connectivity index (χ2n) is 4.68. The number of hydrogen-bond acceptors (Lipinski definition) is 4. The van der Waals surface area contributed by atoms with Gasteiger partial charge in [0.05, 0.1) is 13.2 Å². The molecule has 0 radical (unpaired) electrons. The van der Waals surface area contributed by atoms with Crippen LogP contribution in [0.25, 0.3) is 0 Å². The Morgan fingerprint density at radius 2 is 1.75 bits per heavy atom. The van der Waals surface area contributed by atoms with E-state index in [9.17, 15) is 0 Å². The van der Waals surface area contributed by atoms with Gasteiger partial charge in [-0.2, -0.15) is 0 Å². The van der Waals surface area contributed by atoms with E-state index in [0.717, 1.165) is 38.8 Å². The first kappa shape index (κ1) is 12.3. The van der Waals surface area contributed by atoms with Gasteiger partial charge < -0.3 is 19.5 Å². The molecule has 16 heavy (non-hydrogen) atoms. The van der Waals surface area contributed by atoms with Crippen molar-refractivity contribution in [1.82, 2.24) is 5.32 Å². The number of nitrogens with one attached hydrogen (secondary N) is 1. The summed E-state index contributed by atoms with van der Waals surface area (Å²) in [5.41, 5.74) is 0. The van der Waals surface area contributed by atoms with Crippen LogP contribution in [-0.4, -0.2) is 45.8 Å². The average Bonchev–Trinajstić information content (AvgIpc) is 2.82. The van der Waals surface area contributed by atoms with Crippen LogP contribution in [0.4, 0.5) is 0 Å². The second kappa shape index (κ2) is 6.55. The van der Waals surface area contributed by atoms with E-state index in [1.807, 2.05) is 7.05 Å². The predicted molar refractivity (Wildman–Crippen MR) is 61.3 cm³/mol. The summed E-state index contributed by atoms with van der Waals surface area (Å²) < 4.78 is 16.4. The molecule has 2 aliphatic rings. The number of rotatable bonds is 5. The topological polar surface area (TPSA) is 39.7 Å². The van der Waals surface area contributed by atoms with Gasteiger partial charge in [-0.1, -0.05) is 0 Å². The van der Waals surface area contributed by atoms with Crippen LogP contribution >= 0.6 is 0 Å². The van der Waals surface area contributed by atoms with Crippen molar-refractivity contribution < 1.29 is 14.2 Å². The highest BCUT2D eigenvalue weighted by Crippen LogP contribution is 2.23. The van der Waals surface area contributed by atoms with Crippen molar-refractivity contribution in [3.8, 4) is 0 Å². The van der Waals surface area contributed by atoms with Gasteiger partial charge in [-0.25, -0.2) is 0 Å². The van der Waals surface area contributed by atoms with Crippen LogP contribution in [0, 0.1) is 5.92 Å². The van der Waals surface area contributed by atoms with Gasteiger partial charge in [0.1, 0.15) is 0 Å². The lowest BCUT2D eigenvalue weighted by Gasteiger charge is -2.27. The molecule has 1 atom stereocenters. The Labute approximate surface area is 97.6 Å². The largest absolute Gasteiger partial charge is 0.381 e. The normalized spacial score (nSPS) is 26.1. The van der Waals surface area contributed by atoms with Crippen molar-refractivity contribution in [2.75, 3.05) is 33.5 Å².